The molecule has 1 unspecified atom stereocenters. The van der Waals surface area contributed by atoms with Crippen LogP contribution in [0.3, 0.4) is 0 Å². The van der Waals surface area contributed by atoms with E-state index in [0.717, 1.165) is 25.1 Å². The number of rotatable bonds is 3. The Morgan fingerprint density at radius 2 is 1.80 bits per heavy atom. The molecule has 1 aromatic rings. The minimum absolute atomic E-state index is 0.200. The van der Waals surface area contributed by atoms with Crippen molar-refractivity contribution in [2.24, 2.45) is 11.8 Å². The average Bonchev–Trinajstić information content (AvgIpc) is 2.46. The van der Waals surface area contributed by atoms with Gasteiger partial charge in [-0.3, -0.25) is 4.79 Å². The molecule has 0 saturated carbocycles. The van der Waals surface area contributed by atoms with E-state index in [1.807, 2.05) is 17.0 Å². The Bertz CT molecular complexity index is 447. The molecular formula is C18H27NO. The lowest BCUT2D eigenvalue weighted by atomic mass is 9.87. The SMILES string of the molecule is CC(C)c1ccc(C(=O)N2CCCC(C(C)C)C2)cc1. The van der Waals surface area contributed by atoms with Gasteiger partial charge in [0, 0.05) is 18.7 Å². The van der Waals surface area contributed by atoms with Gasteiger partial charge in [-0.05, 0) is 48.3 Å². The standard InChI is InChI=1S/C18H27NO/c1-13(2)15-7-9-16(10-8-15)18(20)19-11-5-6-17(12-19)14(3)4/h7-10,13-14,17H,5-6,11-12H2,1-4H3. The van der Waals surface area contributed by atoms with Gasteiger partial charge >= 0.3 is 0 Å². The highest BCUT2D eigenvalue weighted by molar-refractivity contribution is 5.94. The van der Waals surface area contributed by atoms with Gasteiger partial charge in [-0.15, -0.1) is 0 Å². The van der Waals surface area contributed by atoms with Crippen LogP contribution in [0.1, 0.15) is 62.4 Å². The molecule has 0 bridgehead atoms. The van der Waals surface area contributed by atoms with Gasteiger partial charge in [0.2, 0.25) is 0 Å². The summed E-state index contributed by atoms with van der Waals surface area (Å²) in [6.45, 7) is 10.7. The molecule has 0 N–H and O–H groups in total. The Morgan fingerprint density at radius 1 is 1.15 bits per heavy atom. The largest absolute Gasteiger partial charge is 0.338 e. The van der Waals surface area contributed by atoms with Crippen molar-refractivity contribution in [2.45, 2.75) is 46.5 Å². The third kappa shape index (κ3) is 3.41. The van der Waals surface area contributed by atoms with E-state index >= 15 is 0 Å². The molecule has 1 amide bonds. The predicted octanol–water partition coefficient (Wildman–Crippen LogP) is 4.32. The molecule has 2 rings (SSSR count). The second-order valence-electron chi connectivity index (χ2n) is 6.67. The van der Waals surface area contributed by atoms with Crippen molar-refractivity contribution in [1.29, 1.82) is 0 Å². The maximum atomic E-state index is 12.6. The molecule has 0 aromatic heterocycles. The number of carbonyl (C=O) groups excluding carboxylic acids is 1. The molecule has 1 aliphatic rings. The summed E-state index contributed by atoms with van der Waals surface area (Å²) in [4.78, 5) is 14.6. The fourth-order valence-electron chi connectivity index (χ4n) is 2.93. The highest BCUT2D eigenvalue weighted by Crippen LogP contribution is 2.25. The van der Waals surface area contributed by atoms with Crippen LogP contribution in [-0.2, 0) is 0 Å². The van der Waals surface area contributed by atoms with Gasteiger partial charge in [-0.1, -0.05) is 39.8 Å². The van der Waals surface area contributed by atoms with Crippen LogP contribution >= 0.6 is 0 Å². The summed E-state index contributed by atoms with van der Waals surface area (Å²) >= 11 is 0. The lowest BCUT2D eigenvalue weighted by Gasteiger charge is -2.34. The first-order chi connectivity index (χ1) is 9.49. The topological polar surface area (TPSA) is 20.3 Å². The van der Waals surface area contributed by atoms with Gasteiger partial charge in [0.05, 0.1) is 0 Å². The summed E-state index contributed by atoms with van der Waals surface area (Å²) in [6, 6.07) is 8.14. The number of nitrogens with zero attached hydrogens (tertiary/aromatic N) is 1. The fourth-order valence-corrected chi connectivity index (χ4v) is 2.93. The van der Waals surface area contributed by atoms with Crippen LogP contribution < -0.4 is 0 Å². The average molecular weight is 273 g/mol. The summed E-state index contributed by atoms with van der Waals surface area (Å²) in [5.74, 6) is 2.03. The van der Waals surface area contributed by atoms with Crippen molar-refractivity contribution in [3.63, 3.8) is 0 Å². The van der Waals surface area contributed by atoms with Gasteiger partial charge in [0.1, 0.15) is 0 Å². The lowest BCUT2D eigenvalue weighted by molar-refractivity contribution is 0.0641. The van der Waals surface area contributed by atoms with Crippen molar-refractivity contribution < 1.29 is 4.79 Å². The van der Waals surface area contributed by atoms with E-state index in [4.69, 9.17) is 0 Å². The van der Waals surface area contributed by atoms with Crippen LogP contribution in [0.5, 0.6) is 0 Å². The summed E-state index contributed by atoms with van der Waals surface area (Å²) in [6.07, 6.45) is 2.40. The Morgan fingerprint density at radius 3 is 2.35 bits per heavy atom. The molecule has 2 heteroatoms. The molecule has 1 saturated heterocycles. The van der Waals surface area contributed by atoms with Crippen molar-refractivity contribution in [1.82, 2.24) is 4.90 Å². The van der Waals surface area contributed by atoms with Crippen molar-refractivity contribution in [2.75, 3.05) is 13.1 Å². The second-order valence-corrected chi connectivity index (χ2v) is 6.67. The van der Waals surface area contributed by atoms with E-state index in [2.05, 4.69) is 39.8 Å². The molecule has 1 aliphatic heterocycles. The normalized spacial score (nSPS) is 19.7. The number of amides is 1. The molecule has 110 valence electrons. The molecule has 0 spiro atoms. The summed E-state index contributed by atoms with van der Waals surface area (Å²) in [5, 5.41) is 0. The first-order valence-corrected chi connectivity index (χ1v) is 7.88. The van der Waals surface area contributed by atoms with Gasteiger partial charge in [0.25, 0.3) is 5.91 Å². The minimum atomic E-state index is 0.200. The number of hydrogen-bond acceptors (Lipinski definition) is 1. The lowest BCUT2D eigenvalue weighted by Crippen LogP contribution is -2.41. The summed E-state index contributed by atoms with van der Waals surface area (Å²) in [5.41, 5.74) is 2.12. The van der Waals surface area contributed by atoms with Gasteiger partial charge in [-0.2, -0.15) is 0 Å². The van der Waals surface area contributed by atoms with Crippen molar-refractivity contribution in [3.8, 4) is 0 Å². The highest BCUT2D eigenvalue weighted by Gasteiger charge is 2.26. The Balaban J connectivity index is 2.06. The van der Waals surface area contributed by atoms with Crippen LogP contribution in [0.15, 0.2) is 24.3 Å². The van der Waals surface area contributed by atoms with Crippen LogP contribution in [0, 0.1) is 11.8 Å². The quantitative estimate of drug-likeness (QED) is 0.803. The monoisotopic (exact) mass is 273 g/mol. The highest BCUT2D eigenvalue weighted by atomic mass is 16.2. The van der Waals surface area contributed by atoms with E-state index in [1.165, 1.54) is 12.0 Å². The Hall–Kier alpha value is -1.31. The van der Waals surface area contributed by atoms with Crippen molar-refractivity contribution in [3.05, 3.63) is 35.4 Å². The van der Waals surface area contributed by atoms with E-state index in [9.17, 15) is 4.79 Å². The fraction of sp³-hybridized carbons (Fsp3) is 0.611. The Labute approximate surface area is 123 Å². The molecule has 0 radical (unpaired) electrons. The number of hydrogen-bond donors (Lipinski definition) is 0. The zero-order valence-corrected chi connectivity index (χ0v) is 13.2. The third-order valence-corrected chi connectivity index (χ3v) is 4.51. The molecule has 1 atom stereocenters. The second kappa shape index (κ2) is 6.43. The van der Waals surface area contributed by atoms with Crippen LogP contribution in [-0.4, -0.2) is 23.9 Å². The van der Waals surface area contributed by atoms with E-state index < -0.39 is 0 Å². The molecule has 20 heavy (non-hydrogen) atoms. The molecular weight excluding hydrogens is 246 g/mol. The number of piperidine rings is 1. The molecule has 1 heterocycles. The van der Waals surface area contributed by atoms with E-state index in [1.54, 1.807) is 0 Å². The predicted molar refractivity (Wildman–Crippen MR) is 84.0 cm³/mol. The molecule has 2 nitrogen and oxygen atoms in total. The first kappa shape index (κ1) is 15.1. The van der Waals surface area contributed by atoms with E-state index in [0.29, 0.717) is 17.8 Å². The zero-order valence-electron chi connectivity index (χ0n) is 13.2. The Kier molecular flexibility index (Phi) is 4.85. The maximum Gasteiger partial charge on any atom is 0.253 e. The summed E-state index contributed by atoms with van der Waals surface area (Å²) < 4.78 is 0. The minimum Gasteiger partial charge on any atom is -0.338 e. The smallest absolute Gasteiger partial charge is 0.253 e. The maximum absolute atomic E-state index is 12.6. The number of likely N-dealkylation sites (tertiary alicyclic amines) is 1. The van der Waals surface area contributed by atoms with Gasteiger partial charge < -0.3 is 4.90 Å². The number of carbonyl (C=O) groups is 1. The van der Waals surface area contributed by atoms with Gasteiger partial charge in [0.15, 0.2) is 0 Å². The summed E-state index contributed by atoms with van der Waals surface area (Å²) in [7, 11) is 0. The van der Waals surface area contributed by atoms with E-state index in [-0.39, 0.29) is 5.91 Å². The number of benzene rings is 1. The van der Waals surface area contributed by atoms with Crippen molar-refractivity contribution >= 4 is 5.91 Å². The molecule has 0 aliphatic carbocycles. The van der Waals surface area contributed by atoms with Crippen LogP contribution in [0.2, 0.25) is 0 Å². The first-order valence-electron chi connectivity index (χ1n) is 7.88. The zero-order chi connectivity index (χ0) is 14.7. The molecule has 1 aromatic carbocycles. The molecule has 1 fully saturated rings. The van der Waals surface area contributed by atoms with Gasteiger partial charge in [-0.25, -0.2) is 0 Å². The third-order valence-electron chi connectivity index (χ3n) is 4.51. The van der Waals surface area contributed by atoms with Crippen LogP contribution in [0.4, 0.5) is 0 Å². The van der Waals surface area contributed by atoms with Crippen LogP contribution in [0.25, 0.3) is 0 Å².